The molecule has 0 heterocycles. The fourth-order valence-electron chi connectivity index (χ4n) is 2.12. The summed E-state index contributed by atoms with van der Waals surface area (Å²) in [6, 6.07) is 0. The summed E-state index contributed by atoms with van der Waals surface area (Å²) < 4.78 is 0. The standard InChI is InChI=1S/C23H37NO2/c1-4-7-8-9-10-11-12-13-14-15-16-17-18-19-20-22(25)24-21-23(26,5-2)6-3/h9-12,15-20,26H,4-8,13-14,21H2,1-3H3,(H,24,25). The first-order valence-corrected chi connectivity index (χ1v) is 9.89. The largest absolute Gasteiger partial charge is 0.388 e. The summed E-state index contributed by atoms with van der Waals surface area (Å²) in [4.78, 5) is 11.7. The Balaban J connectivity index is 3.86. The molecule has 0 radical (unpaired) electrons. The Labute approximate surface area is 160 Å². The number of hydrogen-bond donors (Lipinski definition) is 2. The second-order valence-electron chi connectivity index (χ2n) is 6.40. The van der Waals surface area contributed by atoms with Crippen LogP contribution in [-0.4, -0.2) is 23.2 Å². The maximum atomic E-state index is 11.7. The third-order valence-corrected chi connectivity index (χ3v) is 4.23. The first-order chi connectivity index (χ1) is 12.6. The van der Waals surface area contributed by atoms with Gasteiger partial charge in [-0.25, -0.2) is 0 Å². The Bertz CT molecular complexity index is 494. The van der Waals surface area contributed by atoms with Crippen LogP contribution in [0.1, 0.15) is 65.7 Å². The van der Waals surface area contributed by atoms with E-state index < -0.39 is 5.60 Å². The maximum Gasteiger partial charge on any atom is 0.244 e. The zero-order valence-corrected chi connectivity index (χ0v) is 16.8. The van der Waals surface area contributed by atoms with E-state index in [1.54, 1.807) is 6.08 Å². The van der Waals surface area contributed by atoms with Crippen molar-refractivity contribution >= 4 is 5.91 Å². The molecule has 1 amide bonds. The van der Waals surface area contributed by atoms with E-state index in [1.165, 1.54) is 18.9 Å². The lowest BCUT2D eigenvalue weighted by Gasteiger charge is -2.24. The molecule has 0 saturated heterocycles. The van der Waals surface area contributed by atoms with Crippen LogP contribution in [0.25, 0.3) is 0 Å². The summed E-state index contributed by atoms with van der Waals surface area (Å²) in [6.45, 7) is 6.32. The first kappa shape index (κ1) is 24.1. The number of hydrogen-bond acceptors (Lipinski definition) is 2. The molecule has 0 aromatic carbocycles. The number of carbonyl (C=O) groups is 1. The monoisotopic (exact) mass is 359 g/mol. The molecule has 0 spiro atoms. The molecular weight excluding hydrogens is 322 g/mol. The lowest BCUT2D eigenvalue weighted by molar-refractivity contribution is -0.117. The van der Waals surface area contributed by atoms with Crippen LogP contribution in [0.4, 0.5) is 0 Å². The molecule has 0 atom stereocenters. The highest BCUT2D eigenvalue weighted by Crippen LogP contribution is 2.12. The van der Waals surface area contributed by atoms with E-state index in [4.69, 9.17) is 0 Å². The highest BCUT2D eigenvalue weighted by Gasteiger charge is 2.21. The van der Waals surface area contributed by atoms with Crippen molar-refractivity contribution in [1.82, 2.24) is 5.32 Å². The van der Waals surface area contributed by atoms with E-state index in [0.29, 0.717) is 12.8 Å². The van der Waals surface area contributed by atoms with Gasteiger partial charge in [-0.2, -0.15) is 0 Å². The normalized spacial score (nSPS) is 13.2. The van der Waals surface area contributed by atoms with E-state index in [9.17, 15) is 9.90 Å². The smallest absolute Gasteiger partial charge is 0.244 e. The molecular formula is C23H37NO2. The topological polar surface area (TPSA) is 49.3 Å². The Morgan fingerprint density at radius 1 is 0.846 bits per heavy atom. The first-order valence-electron chi connectivity index (χ1n) is 9.89. The Hall–Kier alpha value is -1.87. The van der Waals surface area contributed by atoms with Gasteiger partial charge in [0.15, 0.2) is 0 Å². The number of rotatable bonds is 14. The average Bonchev–Trinajstić information content (AvgIpc) is 2.66. The van der Waals surface area contributed by atoms with Crippen LogP contribution in [0.5, 0.6) is 0 Å². The van der Waals surface area contributed by atoms with Gasteiger partial charge in [0.25, 0.3) is 0 Å². The van der Waals surface area contributed by atoms with Gasteiger partial charge >= 0.3 is 0 Å². The average molecular weight is 360 g/mol. The number of allylic oxidation sites excluding steroid dienone is 9. The molecule has 2 N–H and O–H groups in total. The van der Waals surface area contributed by atoms with Crippen LogP contribution < -0.4 is 5.32 Å². The van der Waals surface area contributed by atoms with E-state index in [2.05, 4.69) is 42.6 Å². The molecule has 0 rings (SSSR count). The van der Waals surface area contributed by atoms with Gasteiger partial charge < -0.3 is 10.4 Å². The minimum Gasteiger partial charge on any atom is -0.388 e. The fourth-order valence-corrected chi connectivity index (χ4v) is 2.12. The van der Waals surface area contributed by atoms with Crippen molar-refractivity contribution in [2.45, 2.75) is 71.3 Å². The molecule has 26 heavy (non-hydrogen) atoms. The van der Waals surface area contributed by atoms with Gasteiger partial charge in [-0.05, 0) is 32.1 Å². The van der Waals surface area contributed by atoms with Crippen molar-refractivity contribution in [1.29, 1.82) is 0 Å². The molecule has 146 valence electrons. The molecule has 0 aliphatic heterocycles. The van der Waals surface area contributed by atoms with Gasteiger partial charge in [0.2, 0.25) is 5.91 Å². The minimum absolute atomic E-state index is 0.184. The summed E-state index contributed by atoms with van der Waals surface area (Å²) in [5.41, 5.74) is -0.804. The fraction of sp³-hybridized carbons (Fsp3) is 0.522. The number of unbranched alkanes of at least 4 members (excludes halogenated alkanes) is 3. The van der Waals surface area contributed by atoms with E-state index in [1.807, 2.05) is 32.1 Å². The zero-order valence-electron chi connectivity index (χ0n) is 16.8. The predicted octanol–water partition coefficient (Wildman–Crippen LogP) is 5.41. The molecule has 0 fully saturated rings. The zero-order chi connectivity index (χ0) is 19.5. The van der Waals surface area contributed by atoms with Gasteiger partial charge in [0, 0.05) is 12.6 Å². The Morgan fingerprint density at radius 2 is 1.38 bits per heavy atom. The van der Waals surface area contributed by atoms with Gasteiger partial charge in [-0.1, -0.05) is 88.3 Å². The van der Waals surface area contributed by atoms with Gasteiger partial charge in [-0.3, -0.25) is 4.79 Å². The molecule has 0 aliphatic carbocycles. The number of nitrogens with one attached hydrogen (secondary N) is 1. The molecule has 3 nitrogen and oxygen atoms in total. The van der Waals surface area contributed by atoms with Gasteiger partial charge in [0.1, 0.15) is 0 Å². The lowest BCUT2D eigenvalue weighted by Crippen LogP contribution is -2.41. The highest BCUT2D eigenvalue weighted by molar-refractivity contribution is 5.87. The number of carbonyl (C=O) groups excluding carboxylic acids is 1. The second kappa shape index (κ2) is 16.6. The van der Waals surface area contributed by atoms with Crippen LogP contribution in [0.3, 0.4) is 0 Å². The van der Waals surface area contributed by atoms with Crippen molar-refractivity contribution in [3.63, 3.8) is 0 Å². The van der Waals surface area contributed by atoms with E-state index in [0.717, 1.165) is 19.3 Å². The van der Waals surface area contributed by atoms with Crippen LogP contribution in [0.15, 0.2) is 60.8 Å². The second-order valence-corrected chi connectivity index (χ2v) is 6.40. The molecule has 0 bridgehead atoms. The summed E-state index contributed by atoms with van der Waals surface area (Å²) in [5, 5.41) is 12.8. The van der Waals surface area contributed by atoms with Crippen molar-refractivity contribution in [3.8, 4) is 0 Å². The third kappa shape index (κ3) is 14.5. The third-order valence-electron chi connectivity index (χ3n) is 4.23. The summed E-state index contributed by atoms with van der Waals surface area (Å²) >= 11 is 0. The van der Waals surface area contributed by atoms with E-state index in [-0.39, 0.29) is 12.5 Å². The van der Waals surface area contributed by atoms with Crippen molar-refractivity contribution < 1.29 is 9.90 Å². The molecule has 0 saturated carbocycles. The Kier molecular flexibility index (Phi) is 15.4. The maximum absolute atomic E-state index is 11.7. The lowest BCUT2D eigenvalue weighted by atomic mass is 9.98. The van der Waals surface area contributed by atoms with Crippen molar-refractivity contribution in [2.24, 2.45) is 0 Å². The van der Waals surface area contributed by atoms with Crippen molar-refractivity contribution in [3.05, 3.63) is 60.8 Å². The highest BCUT2D eigenvalue weighted by atomic mass is 16.3. The Morgan fingerprint density at radius 3 is 1.96 bits per heavy atom. The summed E-state index contributed by atoms with van der Waals surface area (Å²) in [5.74, 6) is -0.184. The summed E-state index contributed by atoms with van der Waals surface area (Å²) in [6.07, 6.45) is 26.6. The molecule has 3 heteroatoms. The van der Waals surface area contributed by atoms with E-state index >= 15 is 0 Å². The van der Waals surface area contributed by atoms with Gasteiger partial charge in [0.05, 0.1) is 5.60 Å². The van der Waals surface area contributed by atoms with Crippen LogP contribution in [0.2, 0.25) is 0 Å². The SMILES string of the molecule is CCCCC=CC=CCCC=CC=CC=CC(=O)NCC(O)(CC)CC. The minimum atomic E-state index is -0.804. The molecule has 0 unspecified atom stereocenters. The molecule has 0 aliphatic rings. The molecule has 0 aromatic rings. The number of amides is 1. The quantitative estimate of drug-likeness (QED) is 0.248. The predicted molar refractivity (Wildman–Crippen MR) is 113 cm³/mol. The van der Waals surface area contributed by atoms with Crippen LogP contribution >= 0.6 is 0 Å². The summed E-state index contributed by atoms with van der Waals surface area (Å²) in [7, 11) is 0. The molecule has 0 aromatic heterocycles. The number of aliphatic hydroxyl groups is 1. The van der Waals surface area contributed by atoms with Crippen LogP contribution in [0, 0.1) is 0 Å². The van der Waals surface area contributed by atoms with Crippen molar-refractivity contribution in [2.75, 3.05) is 6.54 Å². The van der Waals surface area contributed by atoms with Crippen LogP contribution in [-0.2, 0) is 4.79 Å². The van der Waals surface area contributed by atoms with Gasteiger partial charge in [-0.15, -0.1) is 0 Å².